The zero-order valence-corrected chi connectivity index (χ0v) is 13.8. The van der Waals surface area contributed by atoms with E-state index in [2.05, 4.69) is 20.4 Å². The largest absolute Gasteiger partial charge is 0.367 e. The third-order valence-corrected chi connectivity index (χ3v) is 4.27. The van der Waals surface area contributed by atoms with Gasteiger partial charge in [0.2, 0.25) is 0 Å². The average molecular weight is 314 g/mol. The number of nitrogens with one attached hydrogen (secondary N) is 1. The van der Waals surface area contributed by atoms with Gasteiger partial charge in [0, 0.05) is 43.6 Å². The number of aromatic nitrogens is 4. The van der Waals surface area contributed by atoms with Crippen molar-refractivity contribution in [1.29, 1.82) is 0 Å². The lowest BCUT2D eigenvalue weighted by atomic mass is 10.0. The number of anilines is 1. The molecule has 1 fully saturated rings. The minimum atomic E-state index is 0.0185. The lowest BCUT2D eigenvalue weighted by Gasteiger charge is -2.32. The van der Waals surface area contributed by atoms with Crippen LogP contribution in [0.3, 0.4) is 0 Å². The fourth-order valence-corrected chi connectivity index (χ4v) is 2.80. The summed E-state index contributed by atoms with van der Waals surface area (Å²) >= 11 is 0. The molecule has 1 saturated heterocycles. The van der Waals surface area contributed by atoms with Crippen LogP contribution >= 0.6 is 0 Å². The van der Waals surface area contributed by atoms with Gasteiger partial charge in [-0.05, 0) is 32.8 Å². The summed E-state index contributed by atoms with van der Waals surface area (Å²) in [6.07, 6.45) is 3.38. The van der Waals surface area contributed by atoms with Crippen LogP contribution in [0.25, 0.3) is 0 Å². The van der Waals surface area contributed by atoms with Crippen molar-refractivity contribution in [2.24, 2.45) is 7.05 Å². The van der Waals surface area contributed by atoms with Crippen molar-refractivity contribution < 1.29 is 4.79 Å². The second-order valence-electron chi connectivity index (χ2n) is 6.05. The Balaban J connectivity index is 1.56. The van der Waals surface area contributed by atoms with Gasteiger partial charge in [0.15, 0.2) is 5.69 Å². The van der Waals surface area contributed by atoms with E-state index in [0.29, 0.717) is 11.7 Å². The number of carbonyl (C=O) groups excluding carboxylic acids is 1. The number of likely N-dealkylation sites (tertiary alicyclic amines) is 1. The highest BCUT2D eigenvalue weighted by Gasteiger charge is 2.25. The number of amides is 1. The number of piperidine rings is 1. The molecule has 0 radical (unpaired) electrons. The molecule has 1 N–H and O–H groups in total. The van der Waals surface area contributed by atoms with Gasteiger partial charge in [0.05, 0.1) is 0 Å². The lowest BCUT2D eigenvalue weighted by molar-refractivity contribution is 0.0711. The van der Waals surface area contributed by atoms with Crippen molar-refractivity contribution in [1.82, 2.24) is 24.6 Å². The van der Waals surface area contributed by atoms with Gasteiger partial charge in [-0.25, -0.2) is 9.97 Å². The first kappa shape index (κ1) is 15.5. The fourth-order valence-electron chi connectivity index (χ4n) is 2.80. The van der Waals surface area contributed by atoms with Crippen LogP contribution in [0.4, 0.5) is 5.82 Å². The standard InChI is InChI=1S/C16H22N6O/c1-11-8-15(18-10-17-11)19-13-4-6-22(7-5-13)16(23)14-9-12(2)21(3)20-14/h8-10,13H,4-7H2,1-3H3,(H,17,18,19). The van der Waals surface area contributed by atoms with Gasteiger partial charge in [0.1, 0.15) is 12.1 Å². The SMILES string of the molecule is Cc1cc(NC2CCN(C(=O)c3cc(C)n(C)n3)CC2)ncn1. The third-order valence-electron chi connectivity index (χ3n) is 4.27. The Kier molecular flexibility index (Phi) is 4.27. The number of carbonyl (C=O) groups is 1. The minimum absolute atomic E-state index is 0.0185. The summed E-state index contributed by atoms with van der Waals surface area (Å²) in [6, 6.07) is 4.11. The van der Waals surface area contributed by atoms with E-state index in [1.807, 2.05) is 37.9 Å². The fraction of sp³-hybridized carbons (Fsp3) is 0.500. The second kappa shape index (κ2) is 6.36. The Morgan fingerprint density at radius 1 is 1.22 bits per heavy atom. The van der Waals surface area contributed by atoms with Crippen LogP contribution in [0.2, 0.25) is 0 Å². The van der Waals surface area contributed by atoms with Crippen molar-refractivity contribution in [3.63, 3.8) is 0 Å². The van der Waals surface area contributed by atoms with Crippen LogP contribution < -0.4 is 5.32 Å². The summed E-state index contributed by atoms with van der Waals surface area (Å²) in [5.41, 5.74) is 2.47. The predicted molar refractivity (Wildman–Crippen MR) is 87.3 cm³/mol. The number of aryl methyl sites for hydroxylation is 3. The van der Waals surface area contributed by atoms with Crippen LogP contribution in [0.15, 0.2) is 18.5 Å². The Morgan fingerprint density at radius 2 is 1.96 bits per heavy atom. The maximum atomic E-state index is 12.5. The molecule has 0 bridgehead atoms. The van der Waals surface area contributed by atoms with Gasteiger partial charge < -0.3 is 10.2 Å². The summed E-state index contributed by atoms with van der Waals surface area (Å²) in [7, 11) is 1.85. The van der Waals surface area contributed by atoms with Gasteiger partial charge in [-0.3, -0.25) is 9.48 Å². The van der Waals surface area contributed by atoms with Gasteiger partial charge in [-0.15, -0.1) is 0 Å². The average Bonchev–Trinajstić information content (AvgIpc) is 2.87. The van der Waals surface area contributed by atoms with Gasteiger partial charge >= 0.3 is 0 Å². The molecule has 122 valence electrons. The van der Waals surface area contributed by atoms with Crippen molar-refractivity contribution in [2.45, 2.75) is 32.7 Å². The molecule has 0 spiro atoms. The van der Waals surface area contributed by atoms with Gasteiger partial charge in [-0.2, -0.15) is 5.10 Å². The van der Waals surface area contributed by atoms with Gasteiger partial charge in [0.25, 0.3) is 5.91 Å². The number of rotatable bonds is 3. The first-order valence-electron chi connectivity index (χ1n) is 7.88. The first-order chi connectivity index (χ1) is 11.0. The molecular weight excluding hydrogens is 292 g/mol. The smallest absolute Gasteiger partial charge is 0.274 e. The molecule has 23 heavy (non-hydrogen) atoms. The predicted octanol–water partition coefficient (Wildman–Crippen LogP) is 1.54. The molecule has 1 amide bonds. The quantitative estimate of drug-likeness (QED) is 0.930. The van der Waals surface area contributed by atoms with Crippen LogP contribution in [-0.4, -0.2) is 49.7 Å². The number of hydrogen-bond donors (Lipinski definition) is 1. The molecule has 0 aromatic carbocycles. The van der Waals surface area contributed by atoms with E-state index in [1.165, 1.54) is 0 Å². The zero-order chi connectivity index (χ0) is 16.4. The molecular formula is C16H22N6O. The monoisotopic (exact) mass is 314 g/mol. The van der Waals surface area contributed by atoms with Crippen molar-refractivity contribution >= 4 is 11.7 Å². The van der Waals surface area contributed by atoms with E-state index in [1.54, 1.807) is 11.0 Å². The molecule has 3 rings (SSSR count). The highest BCUT2D eigenvalue weighted by atomic mass is 16.2. The molecule has 0 atom stereocenters. The van der Waals surface area contributed by atoms with E-state index >= 15 is 0 Å². The molecule has 0 aliphatic carbocycles. The normalized spacial score (nSPS) is 15.7. The van der Waals surface area contributed by atoms with Crippen LogP contribution in [0.5, 0.6) is 0 Å². The van der Waals surface area contributed by atoms with Crippen molar-refractivity contribution in [3.8, 4) is 0 Å². The Hall–Kier alpha value is -2.44. The topological polar surface area (TPSA) is 75.9 Å². The summed E-state index contributed by atoms with van der Waals surface area (Å²) in [5.74, 6) is 0.868. The maximum Gasteiger partial charge on any atom is 0.274 e. The number of nitrogens with zero attached hydrogens (tertiary/aromatic N) is 5. The Bertz CT molecular complexity index is 683. The second-order valence-corrected chi connectivity index (χ2v) is 6.05. The van der Waals surface area contributed by atoms with E-state index in [0.717, 1.165) is 43.1 Å². The van der Waals surface area contributed by atoms with E-state index in [-0.39, 0.29) is 5.91 Å². The molecule has 1 aliphatic rings. The molecule has 0 saturated carbocycles. The molecule has 0 unspecified atom stereocenters. The first-order valence-corrected chi connectivity index (χ1v) is 7.88. The van der Waals surface area contributed by atoms with Gasteiger partial charge in [-0.1, -0.05) is 0 Å². The summed E-state index contributed by atoms with van der Waals surface area (Å²) in [4.78, 5) is 22.7. The third kappa shape index (κ3) is 3.49. The van der Waals surface area contributed by atoms with E-state index in [9.17, 15) is 4.79 Å². The van der Waals surface area contributed by atoms with Crippen LogP contribution in [-0.2, 0) is 7.05 Å². The van der Waals surface area contributed by atoms with E-state index in [4.69, 9.17) is 0 Å². The Morgan fingerprint density at radius 3 is 2.57 bits per heavy atom. The highest BCUT2D eigenvalue weighted by Crippen LogP contribution is 2.17. The molecule has 2 aromatic rings. The molecule has 2 aromatic heterocycles. The zero-order valence-electron chi connectivity index (χ0n) is 13.8. The molecule has 7 heteroatoms. The van der Waals surface area contributed by atoms with Crippen molar-refractivity contribution in [2.75, 3.05) is 18.4 Å². The number of hydrogen-bond acceptors (Lipinski definition) is 5. The minimum Gasteiger partial charge on any atom is -0.367 e. The molecule has 3 heterocycles. The highest BCUT2D eigenvalue weighted by molar-refractivity contribution is 5.92. The van der Waals surface area contributed by atoms with Crippen LogP contribution in [0.1, 0.15) is 34.7 Å². The summed E-state index contributed by atoms with van der Waals surface area (Å²) in [6.45, 7) is 5.36. The lowest BCUT2D eigenvalue weighted by Crippen LogP contribution is -2.42. The molecule has 1 aliphatic heterocycles. The molecule has 7 nitrogen and oxygen atoms in total. The van der Waals surface area contributed by atoms with E-state index < -0.39 is 0 Å². The summed E-state index contributed by atoms with van der Waals surface area (Å²) in [5, 5.41) is 7.70. The van der Waals surface area contributed by atoms with Crippen LogP contribution in [0, 0.1) is 13.8 Å². The van der Waals surface area contributed by atoms with Crippen molar-refractivity contribution in [3.05, 3.63) is 35.5 Å². The summed E-state index contributed by atoms with van der Waals surface area (Å²) < 4.78 is 1.74. The Labute approximate surface area is 135 Å². The maximum absolute atomic E-state index is 12.5.